The highest BCUT2D eigenvalue weighted by atomic mass is 17.5. The van der Waals surface area contributed by atoms with Crippen LogP contribution < -0.4 is 0 Å². The van der Waals surface area contributed by atoms with Crippen LogP contribution in [0.4, 0.5) is 9.59 Å². The van der Waals surface area contributed by atoms with Crippen molar-refractivity contribution >= 4 is 24.2 Å². The fraction of sp³-hybridized carbons (Fsp3) is 0.500. The Morgan fingerprint density at radius 1 is 0.477 bits per heavy atom. The summed E-state index contributed by atoms with van der Waals surface area (Å²) in [7, 11) is 0. The van der Waals surface area contributed by atoms with E-state index >= 15 is 0 Å². The first kappa shape index (κ1) is 36.0. The Bertz CT molecular complexity index is 1030. The molecule has 44 heavy (non-hydrogen) atoms. The molecule has 2 aromatic rings. The number of aryl methyl sites for hydroxylation is 2. The molecule has 2 aromatic carbocycles. The van der Waals surface area contributed by atoms with Crippen molar-refractivity contribution in [2.45, 2.75) is 90.9 Å². The molecule has 0 aromatic heterocycles. The third-order valence-electron chi connectivity index (χ3n) is 6.42. The van der Waals surface area contributed by atoms with E-state index in [-0.39, 0.29) is 24.3 Å². The maximum Gasteiger partial charge on any atom is 0.543 e. The van der Waals surface area contributed by atoms with Crippen molar-refractivity contribution in [1.82, 2.24) is 0 Å². The maximum absolute atomic E-state index is 11.9. The number of ether oxygens (including phenoxy) is 2. The summed E-state index contributed by atoms with van der Waals surface area (Å²) in [6.07, 6.45) is 8.43. The van der Waals surface area contributed by atoms with Gasteiger partial charge in [0.15, 0.2) is 0 Å². The van der Waals surface area contributed by atoms with Gasteiger partial charge in [0.2, 0.25) is 0 Å². The first-order valence-electron chi connectivity index (χ1n) is 15.0. The van der Waals surface area contributed by atoms with Gasteiger partial charge in [-0.2, -0.15) is 0 Å². The number of carbonyl (C=O) groups is 4. The Balaban J connectivity index is 1.39. The molecule has 0 spiro atoms. The molecule has 0 aliphatic carbocycles. The number of benzene rings is 2. The first-order chi connectivity index (χ1) is 21.4. The lowest BCUT2D eigenvalue weighted by Crippen LogP contribution is -2.13. The zero-order valence-electron chi connectivity index (χ0n) is 25.4. The minimum absolute atomic E-state index is 0.110. The average Bonchev–Trinajstić information content (AvgIpc) is 3.04. The summed E-state index contributed by atoms with van der Waals surface area (Å²) in [5.41, 5.74) is 2.76. The number of unbranched alkanes of at least 4 members (excludes halogenated alkanes) is 7. The van der Waals surface area contributed by atoms with E-state index in [1.165, 1.54) is 0 Å². The van der Waals surface area contributed by atoms with Crippen LogP contribution in [0.1, 0.15) is 110 Å². The van der Waals surface area contributed by atoms with Crippen molar-refractivity contribution in [3.05, 3.63) is 70.8 Å². The largest absolute Gasteiger partial charge is 0.543 e. The Morgan fingerprint density at radius 3 is 1.20 bits per heavy atom. The zero-order chi connectivity index (χ0) is 31.8. The Morgan fingerprint density at radius 2 is 0.841 bits per heavy atom. The second kappa shape index (κ2) is 22.4. The highest BCUT2D eigenvalue weighted by Gasteiger charge is 2.13. The van der Waals surface area contributed by atoms with Gasteiger partial charge in [-0.3, -0.25) is 9.78 Å². The minimum Gasteiger partial charge on any atom is -0.432 e. The zero-order valence-corrected chi connectivity index (χ0v) is 25.4. The lowest BCUT2D eigenvalue weighted by Gasteiger charge is -2.06. The van der Waals surface area contributed by atoms with E-state index in [1.54, 1.807) is 24.3 Å². The summed E-state index contributed by atoms with van der Waals surface area (Å²) < 4.78 is 9.70. The summed E-state index contributed by atoms with van der Waals surface area (Å²) >= 11 is 0. The van der Waals surface area contributed by atoms with E-state index in [0.717, 1.165) is 75.3 Å². The van der Waals surface area contributed by atoms with E-state index in [1.807, 2.05) is 24.3 Å². The monoisotopic (exact) mass is 618 g/mol. The lowest BCUT2D eigenvalue weighted by atomic mass is 10.1. The van der Waals surface area contributed by atoms with Gasteiger partial charge in [-0.25, -0.2) is 29.0 Å². The summed E-state index contributed by atoms with van der Waals surface area (Å²) in [5, 5.41) is 8.44. The molecule has 12 heteroatoms. The van der Waals surface area contributed by atoms with Crippen molar-refractivity contribution < 1.29 is 58.3 Å². The molecule has 0 radical (unpaired) electrons. The van der Waals surface area contributed by atoms with Gasteiger partial charge >= 0.3 is 24.2 Å². The van der Waals surface area contributed by atoms with Crippen molar-refractivity contribution in [3.8, 4) is 0 Å². The van der Waals surface area contributed by atoms with Crippen molar-refractivity contribution in [2.24, 2.45) is 0 Å². The second-order valence-corrected chi connectivity index (χ2v) is 9.96. The van der Waals surface area contributed by atoms with Crippen LogP contribution in [0.5, 0.6) is 0 Å². The Hall–Kier alpha value is -4.16. The van der Waals surface area contributed by atoms with Crippen LogP contribution >= 0.6 is 0 Å². The van der Waals surface area contributed by atoms with Gasteiger partial charge in [0.05, 0.1) is 34.4 Å². The maximum atomic E-state index is 11.9. The topological polar surface area (TPSA) is 142 Å². The number of carbonyl (C=O) groups excluding carboxylic acids is 4. The fourth-order valence-corrected chi connectivity index (χ4v) is 3.89. The SMILES string of the molecule is CCCCc1ccc(C(=O)OOOC(=O)OCCCCCCCCOC(=O)OOOC(=O)c2ccc(CCCC)cc2)cc1. The molecule has 0 bridgehead atoms. The molecule has 0 aliphatic heterocycles. The van der Waals surface area contributed by atoms with E-state index in [9.17, 15) is 19.2 Å². The number of hydrogen-bond donors (Lipinski definition) is 0. The van der Waals surface area contributed by atoms with Gasteiger partial charge in [-0.05, 0) is 73.9 Å². The molecule has 0 amide bonds. The molecule has 0 aliphatic rings. The van der Waals surface area contributed by atoms with Crippen molar-refractivity contribution in [3.63, 3.8) is 0 Å². The summed E-state index contributed by atoms with van der Waals surface area (Å²) in [4.78, 5) is 64.4. The van der Waals surface area contributed by atoms with Crippen LogP contribution in [-0.4, -0.2) is 37.5 Å². The number of hydrogen-bond acceptors (Lipinski definition) is 12. The smallest absolute Gasteiger partial charge is 0.432 e. The minimum atomic E-state index is -1.12. The number of rotatable bonds is 21. The third kappa shape index (κ3) is 15.9. The van der Waals surface area contributed by atoms with Gasteiger partial charge in [0.25, 0.3) is 0 Å². The Kier molecular flexibility index (Phi) is 18.3. The molecule has 12 nitrogen and oxygen atoms in total. The predicted octanol–water partition coefficient (Wildman–Crippen LogP) is 7.73. The van der Waals surface area contributed by atoms with Crippen LogP contribution in [0, 0.1) is 0 Å². The molecule has 0 heterocycles. The highest BCUT2D eigenvalue weighted by Crippen LogP contribution is 2.11. The van der Waals surface area contributed by atoms with E-state index < -0.39 is 24.2 Å². The van der Waals surface area contributed by atoms with Gasteiger partial charge in [0, 0.05) is 0 Å². The molecule has 0 atom stereocenters. The quantitative estimate of drug-likeness (QED) is 0.0585. The lowest BCUT2D eigenvalue weighted by molar-refractivity contribution is -0.452. The first-order valence-corrected chi connectivity index (χ1v) is 15.0. The molecule has 0 saturated carbocycles. The summed E-state index contributed by atoms with van der Waals surface area (Å²) in [6.45, 7) is 4.44. The standard InChI is InChI=1S/C32H42O12/c1-3-5-13-25-15-19-27(20-16-25)29(33)39-43-41-31(35)37-23-11-9-7-8-10-12-24-38-32(36)42-44-40-30(34)28-21-17-26(18-22-28)14-6-4-2/h15-22H,3-14,23-24H2,1-2H3. The van der Waals surface area contributed by atoms with E-state index in [2.05, 4.69) is 43.5 Å². The van der Waals surface area contributed by atoms with Crippen LogP contribution in [0.3, 0.4) is 0 Å². The Labute approximate surface area is 257 Å². The molecule has 242 valence electrons. The third-order valence-corrected chi connectivity index (χ3v) is 6.42. The van der Waals surface area contributed by atoms with Crippen LogP contribution in [0.15, 0.2) is 48.5 Å². The molecular formula is C32H42O12. The fourth-order valence-electron chi connectivity index (χ4n) is 3.89. The van der Waals surface area contributed by atoms with Gasteiger partial charge in [0.1, 0.15) is 0 Å². The van der Waals surface area contributed by atoms with E-state index in [4.69, 9.17) is 9.47 Å². The molecule has 0 fully saturated rings. The van der Waals surface area contributed by atoms with Gasteiger partial charge in [-0.15, -0.1) is 0 Å². The normalized spacial score (nSPS) is 10.5. The molecule has 0 saturated heterocycles. The molecular weight excluding hydrogens is 576 g/mol. The molecule has 0 unspecified atom stereocenters. The van der Waals surface area contributed by atoms with Gasteiger partial charge in [-0.1, -0.05) is 76.6 Å². The van der Waals surface area contributed by atoms with Crippen LogP contribution in [0.25, 0.3) is 0 Å². The van der Waals surface area contributed by atoms with E-state index in [0.29, 0.717) is 12.8 Å². The van der Waals surface area contributed by atoms with Crippen LogP contribution in [-0.2, 0) is 51.9 Å². The molecule has 2 rings (SSSR count). The highest BCUT2D eigenvalue weighted by molar-refractivity contribution is 5.89. The summed E-state index contributed by atoms with van der Waals surface area (Å²) in [6, 6.07) is 13.8. The van der Waals surface area contributed by atoms with Crippen LogP contribution in [0.2, 0.25) is 0 Å². The van der Waals surface area contributed by atoms with Crippen molar-refractivity contribution in [2.75, 3.05) is 13.2 Å². The average molecular weight is 619 g/mol. The van der Waals surface area contributed by atoms with Gasteiger partial charge < -0.3 is 9.47 Å². The van der Waals surface area contributed by atoms with Crippen molar-refractivity contribution in [1.29, 1.82) is 0 Å². The predicted molar refractivity (Wildman–Crippen MR) is 156 cm³/mol. The molecule has 0 N–H and O–H groups in total. The summed E-state index contributed by atoms with van der Waals surface area (Å²) in [5.74, 6) is -1.59. The second-order valence-electron chi connectivity index (χ2n) is 9.96.